The second-order valence-electron chi connectivity index (χ2n) is 4.64. The summed E-state index contributed by atoms with van der Waals surface area (Å²) in [7, 11) is 4.02. The number of thiazole rings is 1. The second kappa shape index (κ2) is 6.37. The zero-order chi connectivity index (χ0) is 14.3. The minimum absolute atomic E-state index is 0. The molecule has 0 aliphatic rings. The number of hydrogen-bond donors (Lipinski definition) is 0. The molecule has 21 heavy (non-hydrogen) atoms. The Hall–Kier alpha value is -1.05. The topological polar surface area (TPSA) is 33.5 Å². The molecule has 0 fully saturated rings. The number of para-hydroxylation sites is 1. The predicted octanol–water partition coefficient (Wildman–Crippen LogP) is 1.55. The van der Waals surface area contributed by atoms with E-state index in [1.54, 1.807) is 11.3 Å². The molecule has 0 aliphatic heterocycles. The molecule has 110 valence electrons. The van der Waals surface area contributed by atoms with Crippen LogP contribution in [0.2, 0.25) is 0 Å². The van der Waals surface area contributed by atoms with Crippen molar-refractivity contribution in [1.29, 1.82) is 0 Å². The number of nitrogens with zero attached hydrogens (tertiary/aromatic N) is 4. The normalized spacial score (nSPS) is 11.2. The lowest BCUT2D eigenvalue weighted by Gasteiger charge is -1.96. The molecule has 0 atom stereocenters. The van der Waals surface area contributed by atoms with Gasteiger partial charge in [-0.05, 0) is 45.4 Å². The molecular weight excluding hydrogens is 416 g/mol. The van der Waals surface area contributed by atoms with E-state index in [0.717, 1.165) is 25.7 Å². The molecule has 4 nitrogen and oxygen atoms in total. The highest BCUT2D eigenvalue weighted by molar-refractivity contribution is 9.11. The van der Waals surface area contributed by atoms with Crippen molar-refractivity contribution in [2.45, 2.75) is 6.92 Å². The smallest absolute Gasteiger partial charge is 0.409 e. The van der Waals surface area contributed by atoms with Crippen LogP contribution in [-0.2, 0) is 14.1 Å². The SMILES string of the molecule is Cc1c(/N=N/c2sc(Br)c[n+]2C)c2ccccc2n1C.[Br-]. The summed E-state index contributed by atoms with van der Waals surface area (Å²) < 4.78 is 5.15. The van der Waals surface area contributed by atoms with E-state index in [1.807, 2.05) is 29.9 Å². The van der Waals surface area contributed by atoms with E-state index < -0.39 is 0 Å². The van der Waals surface area contributed by atoms with Gasteiger partial charge in [0.1, 0.15) is 15.7 Å². The van der Waals surface area contributed by atoms with Gasteiger partial charge < -0.3 is 21.5 Å². The Morgan fingerprint density at radius 2 is 1.95 bits per heavy atom. The first-order chi connectivity index (χ1) is 9.58. The van der Waals surface area contributed by atoms with Gasteiger partial charge in [0.2, 0.25) is 0 Å². The van der Waals surface area contributed by atoms with E-state index in [0.29, 0.717) is 0 Å². The Balaban J connectivity index is 0.00000161. The number of aromatic nitrogens is 2. The number of benzene rings is 1. The first-order valence-corrected chi connectivity index (χ1v) is 7.79. The third-order valence-electron chi connectivity index (χ3n) is 3.39. The van der Waals surface area contributed by atoms with Gasteiger partial charge >= 0.3 is 5.13 Å². The van der Waals surface area contributed by atoms with Crippen molar-refractivity contribution >= 4 is 49.0 Å². The maximum Gasteiger partial charge on any atom is 0.409 e. The highest BCUT2D eigenvalue weighted by atomic mass is 79.9. The van der Waals surface area contributed by atoms with Crippen LogP contribution < -0.4 is 21.5 Å². The third kappa shape index (κ3) is 2.95. The Morgan fingerprint density at radius 3 is 2.62 bits per heavy atom. The maximum absolute atomic E-state index is 4.47. The molecule has 7 heteroatoms. The molecule has 0 unspecified atom stereocenters. The van der Waals surface area contributed by atoms with Gasteiger partial charge in [0, 0.05) is 18.1 Å². The van der Waals surface area contributed by atoms with Crippen LogP contribution >= 0.6 is 27.3 Å². The average molecular weight is 430 g/mol. The van der Waals surface area contributed by atoms with Gasteiger partial charge in [-0.3, -0.25) is 0 Å². The molecule has 0 aliphatic carbocycles. The largest absolute Gasteiger partial charge is 1.00 e. The van der Waals surface area contributed by atoms with Crippen LogP contribution in [0.5, 0.6) is 0 Å². The standard InChI is InChI=1S/C14H14BrN4S.BrH/c1-9-13(10-6-4-5-7-11(10)19(9)3)16-17-14-18(2)8-12(15)20-14;/h4-8H,1-3H3;1H/q+1;/p-1. The quantitative estimate of drug-likeness (QED) is 0.437. The summed E-state index contributed by atoms with van der Waals surface area (Å²) in [5, 5.41) is 10.9. The van der Waals surface area contributed by atoms with Crippen LogP contribution in [0, 0.1) is 6.92 Å². The first-order valence-electron chi connectivity index (χ1n) is 6.18. The second-order valence-corrected chi connectivity index (χ2v) is 7.03. The molecule has 0 bridgehead atoms. The van der Waals surface area contributed by atoms with Crippen molar-refractivity contribution in [1.82, 2.24) is 4.57 Å². The van der Waals surface area contributed by atoms with Crippen molar-refractivity contribution in [3.05, 3.63) is 39.9 Å². The molecule has 1 aromatic carbocycles. The van der Waals surface area contributed by atoms with Crippen molar-refractivity contribution in [2.75, 3.05) is 0 Å². The summed E-state index contributed by atoms with van der Waals surface area (Å²) >= 11 is 5.02. The van der Waals surface area contributed by atoms with Crippen molar-refractivity contribution in [3.63, 3.8) is 0 Å². The molecule has 2 heterocycles. The van der Waals surface area contributed by atoms with Crippen molar-refractivity contribution in [2.24, 2.45) is 24.3 Å². The lowest BCUT2D eigenvalue weighted by molar-refractivity contribution is -0.654. The Labute approximate surface area is 146 Å². The summed E-state index contributed by atoms with van der Waals surface area (Å²) in [6.07, 6.45) is 1.98. The van der Waals surface area contributed by atoms with Crippen molar-refractivity contribution < 1.29 is 21.5 Å². The van der Waals surface area contributed by atoms with Gasteiger partial charge in [-0.15, -0.1) is 0 Å². The molecule has 0 radical (unpaired) electrons. The number of halogens is 2. The number of hydrogen-bond acceptors (Lipinski definition) is 3. The van der Waals surface area contributed by atoms with Crippen LogP contribution in [0.15, 0.2) is 44.5 Å². The van der Waals surface area contributed by atoms with Crippen LogP contribution in [0.1, 0.15) is 5.69 Å². The Kier molecular flexibility index (Phi) is 4.95. The highest BCUT2D eigenvalue weighted by Gasteiger charge is 2.15. The molecule has 3 aromatic rings. The Bertz CT molecular complexity index is 820. The predicted molar refractivity (Wildman–Crippen MR) is 85.0 cm³/mol. The first kappa shape index (κ1) is 16.3. The fourth-order valence-corrected chi connectivity index (χ4v) is 3.61. The third-order valence-corrected chi connectivity index (χ3v) is 4.93. The molecule has 2 aromatic heterocycles. The zero-order valence-corrected chi connectivity index (χ0v) is 15.8. The fourth-order valence-electron chi connectivity index (χ4n) is 2.20. The molecule has 0 saturated carbocycles. The number of rotatable bonds is 2. The maximum atomic E-state index is 4.47. The van der Waals surface area contributed by atoms with Crippen LogP contribution in [0.25, 0.3) is 10.9 Å². The van der Waals surface area contributed by atoms with E-state index in [2.05, 4.69) is 56.8 Å². The fraction of sp³-hybridized carbons (Fsp3) is 0.214. The minimum Gasteiger partial charge on any atom is -1.00 e. The summed E-state index contributed by atoms with van der Waals surface area (Å²) in [6.45, 7) is 2.07. The summed E-state index contributed by atoms with van der Waals surface area (Å²) in [6, 6.07) is 8.26. The molecule has 0 saturated heterocycles. The van der Waals surface area contributed by atoms with E-state index in [1.165, 1.54) is 5.52 Å². The van der Waals surface area contributed by atoms with Gasteiger partial charge in [0.25, 0.3) is 0 Å². The molecule has 0 N–H and O–H groups in total. The summed E-state index contributed by atoms with van der Waals surface area (Å²) in [5.74, 6) is 0. The number of aryl methyl sites for hydroxylation is 2. The van der Waals surface area contributed by atoms with Gasteiger partial charge in [0.15, 0.2) is 0 Å². The van der Waals surface area contributed by atoms with E-state index >= 15 is 0 Å². The van der Waals surface area contributed by atoms with E-state index in [9.17, 15) is 0 Å². The van der Waals surface area contributed by atoms with E-state index in [4.69, 9.17) is 0 Å². The lowest BCUT2D eigenvalue weighted by atomic mass is 10.2. The molecule has 0 amide bonds. The lowest BCUT2D eigenvalue weighted by Crippen LogP contribution is -3.00. The monoisotopic (exact) mass is 428 g/mol. The van der Waals surface area contributed by atoms with Gasteiger partial charge in [-0.2, -0.15) is 0 Å². The van der Waals surface area contributed by atoms with E-state index in [-0.39, 0.29) is 17.0 Å². The Morgan fingerprint density at radius 1 is 1.24 bits per heavy atom. The highest BCUT2D eigenvalue weighted by Crippen LogP contribution is 2.34. The zero-order valence-electron chi connectivity index (χ0n) is 11.8. The van der Waals surface area contributed by atoms with Crippen LogP contribution in [-0.4, -0.2) is 4.57 Å². The minimum atomic E-state index is 0. The summed E-state index contributed by atoms with van der Waals surface area (Å²) in [4.78, 5) is 0. The molecule has 0 spiro atoms. The number of fused-ring (bicyclic) bond motifs is 1. The van der Waals surface area contributed by atoms with Crippen LogP contribution in [0.4, 0.5) is 10.8 Å². The average Bonchev–Trinajstić information content (AvgIpc) is 2.87. The van der Waals surface area contributed by atoms with Crippen molar-refractivity contribution in [3.8, 4) is 0 Å². The molecular formula is C14H14Br2N4S. The van der Waals surface area contributed by atoms with Gasteiger partial charge in [0.05, 0.1) is 17.7 Å². The summed E-state index contributed by atoms with van der Waals surface area (Å²) in [5.41, 5.74) is 3.23. The molecule has 3 rings (SSSR count). The van der Waals surface area contributed by atoms with Gasteiger partial charge in [-0.25, -0.2) is 4.57 Å². The van der Waals surface area contributed by atoms with Gasteiger partial charge in [-0.1, -0.05) is 18.2 Å². The number of azo groups is 1. The van der Waals surface area contributed by atoms with Crippen LogP contribution in [0.3, 0.4) is 0 Å².